The van der Waals surface area contributed by atoms with Crippen molar-refractivity contribution in [3.8, 4) is 28.0 Å². The summed E-state index contributed by atoms with van der Waals surface area (Å²) < 4.78 is 0. The van der Waals surface area contributed by atoms with E-state index in [0.717, 1.165) is 24.8 Å². The van der Waals surface area contributed by atoms with Crippen molar-refractivity contribution in [2.45, 2.75) is 90.9 Å². The fourth-order valence-corrected chi connectivity index (χ4v) is 5.54. The van der Waals surface area contributed by atoms with Crippen LogP contribution in [0.5, 0.6) is 5.75 Å². The Bertz CT molecular complexity index is 1060. The molecular weight excluding hydrogens is 400 g/mol. The highest BCUT2D eigenvalue weighted by atomic mass is 16.3. The predicted molar refractivity (Wildman–Crippen MR) is 142 cm³/mol. The average molecular weight is 441 g/mol. The van der Waals surface area contributed by atoms with Crippen LogP contribution in [0.15, 0.2) is 54.6 Å². The van der Waals surface area contributed by atoms with Gasteiger partial charge in [0.2, 0.25) is 0 Å². The molecule has 1 nitrogen and oxygen atoms in total. The Morgan fingerprint density at radius 1 is 0.636 bits per heavy atom. The zero-order valence-corrected chi connectivity index (χ0v) is 20.6. The van der Waals surface area contributed by atoms with Crippen LogP contribution in [0.2, 0.25) is 0 Å². The van der Waals surface area contributed by atoms with Crippen molar-refractivity contribution < 1.29 is 5.11 Å². The summed E-state index contributed by atoms with van der Waals surface area (Å²) in [7, 11) is 0. The second-order valence-electron chi connectivity index (χ2n) is 9.74. The molecule has 1 N–H and O–H groups in total. The van der Waals surface area contributed by atoms with Crippen molar-refractivity contribution in [2.24, 2.45) is 0 Å². The number of phenols is 1. The van der Waals surface area contributed by atoms with Crippen LogP contribution < -0.4 is 0 Å². The van der Waals surface area contributed by atoms with Gasteiger partial charge in [-0.25, -0.2) is 0 Å². The van der Waals surface area contributed by atoms with E-state index in [-0.39, 0.29) is 0 Å². The second-order valence-corrected chi connectivity index (χ2v) is 9.74. The summed E-state index contributed by atoms with van der Waals surface area (Å²) in [4.78, 5) is 0. The monoisotopic (exact) mass is 440 g/mol. The third-order valence-electron chi connectivity index (χ3n) is 7.34. The van der Waals surface area contributed by atoms with Crippen LogP contribution in [0.4, 0.5) is 0 Å². The van der Waals surface area contributed by atoms with Crippen LogP contribution in [0, 0.1) is 0 Å². The number of fused-ring (bicyclic) bond motifs is 3. The molecule has 3 aromatic carbocycles. The summed E-state index contributed by atoms with van der Waals surface area (Å²) >= 11 is 0. The topological polar surface area (TPSA) is 20.2 Å². The lowest BCUT2D eigenvalue weighted by molar-refractivity contribution is 0.476. The van der Waals surface area contributed by atoms with Crippen LogP contribution in [0.25, 0.3) is 22.3 Å². The molecule has 1 aliphatic carbocycles. The van der Waals surface area contributed by atoms with Gasteiger partial charge in [0, 0.05) is 5.56 Å². The highest BCUT2D eigenvalue weighted by molar-refractivity contribution is 5.87. The lowest BCUT2D eigenvalue weighted by atomic mass is 9.86. The highest BCUT2D eigenvalue weighted by Crippen LogP contribution is 2.45. The summed E-state index contributed by atoms with van der Waals surface area (Å²) in [5.41, 5.74) is 10.6. The Hall–Kier alpha value is -2.54. The molecule has 0 saturated heterocycles. The molecule has 0 saturated carbocycles. The normalized spacial score (nSPS) is 12.1. The molecule has 0 aliphatic heterocycles. The third-order valence-corrected chi connectivity index (χ3v) is 7.34. The van der Waals surface area contributed by atoms with Gasteiger partial charge in [-0.05, 0) is 77.1 Å². The lowest BCUT2D eigenvalue weighted by Crippen LogP contribution is -2.01. The van der Waals surface area contributed by atoms with Gasteiger partial charge in [-0.3, -0.25) is 0 Å². The van der Waals surface area contributed by atoms with E-state index in [1.807, 2.05) is 6.07 Å². The molecule has 0 unspecified atom stereocenters. The molecule has 0 spiro atoms. The van der Waals surface area contributed by atoms with E-state index in [2.05, 4.69) is 62.4 Å². The molecule has 0 amide bonds. The van der Waals surface area contributed by atoms with E-state index in [9.17, 15) is 5.11 Å². The lowest BCUT2D eigenvalue weighted by Gasteiger charge is -2.19. The van der Waals surface area contributed by atoms with E-state index >= 15 is 0 Å². The van der Waals surface area contributed by atoms with Crippen molar-refractivity contribution in [3.05, 3.63) is 76.9 Å². The summed E-state index contributed by atoms with van der Waals surface area (Å²) in [5, 5.41) is 11.2. The van der Waals surface area contributed by atoms with Gasteiger partial charge in [0.25, 0.3) is 0 Å². The maximum Gasteiger partial charge on any atom is 0.123 e. The molecule has 0 atom stereocenters. The predicted octanol–water partition coefficient (Wildman–Crippen LogP) is 9.27. The molecule has 0 bridgehead atoms. The standard InChI is InChI=1S/C32H40O/c1-3-5-7-9-11-18-27-24(15-10-8-6-4-2)21-22-31(33)32(27)29-20-14-19-28-26-17-13-12-16-25(26)23-30(28)29/h12-14,16-17,19-22,33H,3-11,15,18,23H2,1-2H3. The minimum Gasteiger partial charge on any atom is -0.507 e. The number of phenolic OH excluding ortho intramolecular Hbond substituents is 1. The van der Waals surface area contributed by atoms with Gasteiger partial charge >= 0.3 is 0 Å². The van der Waals surface area contributed by atoms with Crippen molar-refractivity contribution in [1.29, 1.82) is 0 Å². The first-order valence-electron chi connectivity index (χ1n) is 13.3. The summed E-state index contributed by atoms with van der Waals surface area (Å²) in [6.45, 7) is 4.55. The van der Waals surface area contributed by atoms with Crippen LogP contribution >= 0.6 is 0 Å². The summed E-state index contributed by atoms with van der Waals surface area (Å²) in [6.07, 6.45) is 14.6. The number of hydrogen-bond donors (Lipinski definition) is 1. The largest absolute Gasteiger partial charge is 0.507 e. The third kappa shape index (κ3) is 5.35. The minimum atomic E-state index is 0.445. The first-order valence-corrected chi connectivity index (χ1v) is 13.3. The molecule has 1 heteroatoms. The Morgan fingerprint density at radius 3 is 2.12 bits per heavy atom. The molecule has 33 heavy (non-hydrogen) atoms. The van der Waals surface area contributed by atoms with E-state index in [1.165, 1.54) is 96.7 Å². The quantitative estimate of drug-likeness (QED) is 0.218. The molecule has 174 valence electrons. The Balaban J connectivity index is 1.71. The molecular formula is C32H40O. The van der Waals surface area contributed by atoms with Crippen molar-refractivity contribution in [3.63, 3.8) is 0 Å². The summed E-state index contributed by atoms with van der Waals surface area (Å²) in [5.74, 6) is 0.445. The van der Waals surface area contributed by atoms with Gasteiger partial charge in [0.05, 0.1) is 0 Å². The average Bonchev–Trinajstić information content (AvgIpc) is 3.22. The smallest absolute Gasteiger partial charge is 0.123 e. The molecule has 0 heterocycles. The Labute approximate surface area is 200 Å². The zero-order valence-electron chi connectivity index (χ0n) is 20.6. The van der Waals surface area contributed by atoms with Crippen molar-refractivity contribution >= 4 is 0 Å². The van der Waals surface area contributed by atoms with Crippen LogP contribution in [0.3, 0.4) is 0 Å². The fraction of sp³-hybridized carbons (Fsp3) is 0.438. The SMILES string of the molecule is CCCCCCCc1c(CCCCCC)ccc(O)c1-c1cccc2c1Cc1ccccc1-2. The van der Waals surface area contributed by atoms with E-state index < -0.39 is 0 Å². The number of aryl methyl sites for hydroxylation is 1. The molecule has 0 fully saturated rings. The minimum absolute atomic E-state index is 0.445. The first kappa shape index (κ1) is 23.6. The molecule has 1 aliphatic rings. The van der Waals surface area contributed by atoms with E-state index in [0.29, 0.717) is 5.75 Å². The zero-order chi connectivity index (χ0) is 23.0. The second kappa shape index (κ2) is 11.5. The number of benzene rings is 3. The Kier molecular flexibility index (Phi) is 8.26. The van der Waals surface area contributed by atoms with E-state index in [4.69, 9.17) is 0 Å². The van der Waals surface area contributed by atoms with Gasteiger partial charge in [-0.1, -0.05) is 107 Å². The first-order chi connectivity index (χ1) is 16.2. The Morgan fingerprint density at radius 2 is 1.30 bits per heavy atom. The van der Waals surface area contributed by atoms with Crippen LogP contribution in [-0.2, 0) is 19.3 Å². The van der Waals surface area contributed by atoms with Gasteiger partial charge in [-0.15, -0.1) is 0 Å². The van der Waals surface area contributed by atoms with Gasteiger partial charge in [-0.2, -0.15) is 0 Å². The highest BCUT2D eigenvalue weighted by Gasteiger charge is 2.24. The number of unbranched alkanes of at least 4 members (excludes halogenated alkanes) is 7. The molecule has 3 aromatic rings. The maximum absolute atomic E-state index is 11.2. The van der Waals surface area contributed by atoms with E-state index in [1.54, 1.807) is 0 Å². The van der Waals surface area contributed by atoms with Crippen molar-refractivity contribution in [1.82, 2.24) is 0 Å². The number of hydrogen-bond acceptors (Lipinski definition) is 1. The maximum atomic E-state index is 11.2. The van der Waals surface area contributed by atoms with Crippen LogP contribution in [-0.4, -0.2) is 5.11 Å². The van der Waals surface area contributed by atoms with Gasteiger partial charge in [0.15, 0.2) is 0 Å². The number of rotatable bonds is 12. The molecule has 4 rings (SSSR count). The van der Waals surface area contributed by atoms with Crippen molar-refractivity contribution in [2.75, 3.05) is 0 Å². The number of aromatic hydroxyl groups is 1. The summed E-state index contributed by atoms with van der Waals surface area (Å²) in [6, 6.07) is 19.6. The van der Waals surface area contributed by atoms with Crippen LogP contribution in [0.1, 0.15) is 93.9 Å². The van der Waals surface area contributed by atoms with Gasteiger partial charge < -0.3 is 5.11 Å². The molecule has 0 radical (unpaired) electrons. The van der Waals surface area contributed by atoms with Gasteiger partial charge in [0.1, 0.15) is 5.75 Å². The fourth-order valence-electron chi connectivity index (χ4n) is 5.54. The molecule has 0 aromatic heterocycles.